The second-order valence-corrected chi connectivity index (χ2v) is 9.56. The zero-order chi connectivity index (χ0) is 22.8. The van der Waals surface area contributed by atoms with E-state index in [1.165, 1.54) is 30.3 Å². The lowest BCUT2D eigenvalue weighted by atomic mass is 9.95. The van der Waals surface area contributed by atoms with E-state index in [4.69, 9.17) is 11.6 Å². The molecule has 0 spiro atoms. The van der Waals surface area contributed by atoms with E-state index >= 15 is 0 Å². The Balaban J connectivity index is 1.45. The van der Waals surface area contributed by atoms with Gasteiger partial charge in [0.25, 0.3) is 15.9 Å². The number of hydrazine groups is 1. The summed E-state index contributed by atoms with van der Waals surface area (Å²) in [5, 5.41) is 0.250. The van der Waals surface area contributed by atoms with E-state index < -0.39 is 21.3 Å². The van der Waals surface area contributed by atoms with Gasteiger partial charge in [0.05, 0.1) is 21.0 Å². The summed E-state index contributed by atoms with van der Waals surface area (Å²) in [6, 6.07) is 21.3. The van der Waals surface area contributed by atoms with E-state index in [1.54, 1.807) is 18.2 Å². The lowest BCUT2D eigenvalue weighted by molar-refractivity contribution is -0.124. The molecule has 4 rings (SSSR count). The van der Waals surface area contributed by atoms with Crippen LogP contribution < -0.4 is 15.6 Å². The minimum absolute atomic E-state index is 0.0805. The molecule has 1 aliphatic rings. The molecule has 0 atom stereocenters. The predicted octanol–water partition coefficient (Wildman–Crippen LogP) is 3.63. The van der Waals surface area contributed by atoms with E-state index in [9.17, 15) is 18.0 Å². The fourth-order valence-corrected chi connectivity index (χ4v) is 4.75. The van der Waals surface area contributed by atoms with Gasteiger partial charge >= 0.3 is 0 Å². The Bertz CT molecular complexity index is 1280. The largest absolute Gasteiger partial charge is 0.278 e. The molecule has 0 aromatic heterocycles. The van der Waals surface area contributed by atoms with Gasteiger partial charge in [-0.15, -0.1) is 0 Å². The van der Waals surface area contributed by atoms with Gasteiger partial charge in [-0.25, -0.2) is 8.42 Å². The number of para-hydroxylation sites is 1. The summed E-state index contributed by atoms with van der Waals surface area (Å²) >= 11 is 6.03. The van der Waals surface area contributed by atoms with Crippen molar-refractivity contribution in [2.75, 3.05) is 4.72 Å². The van der Waals surface area contributed by atoms with Gasteiger partial charge in [-0.05, 0) is 48.7 Å². The van der Waals surface area contributed by atoms with Gasteiger partial charge in [0.1, 0.15) is 0 Å². The molecule has 1 aliphatic carbocycles. The Hall–Kier alpha value is -3.36. The van der Waals surface area contributed by atoms with Crippen LogP contribution in [0.5, 0.6) is 0 Å². The van der Waals surface area contributed by atoms with Crippen LogP contribution in [-0.4, -0.2) is 20.2 Å². The average Bonchev–Trinajstić information content (AvgIpc) is 3.62. The normalized spacial score (nSPS) is 14.3. The first-order valence-corrected chi connectivity index (χ1v) is 11.7. The molecule has 2 amide bonds. The molecule has 3 N–H and O–H groups in total. The summed E-state index contributed by atoms with van der Waals surface area (Å²) in [7, 11) is -3.97. The van der Waals surface area contributed by atoms with Crippen molar-refractivity contribution < 1.29 is 18.0 Å². The molecule has 1 saturated carbocycles. The molecule has 9 heteroatoms. The standard InChI is InChI=1S/C23H20ClN3O4S/c24-19-11-4-5-12-20(19)27-32(30,31)18-10-6-7-16(15-18)21(28)25-26-22(29)23(13-14-23)17-8-2-1-3-9-17/h1-12,15,27H,13-14H2,(H,25,28)(H,26,29). The van der Waals surface area contributed by atoms with Gasteiger partial charge < -0.3 is 0 Å². The first kappa shape index (κ1) is 21.9. The van der Waals surface area contributed by atoms with Crippen LogP contribution in [0.2, 0.25) is 5.02 Å². The highest BCUT2D eigenvalue weighted by Crippen LogP contribution is 2.48. The van der Waals surface area contributed by atoms with Crippen molar-refractivity contribution >= 4 is 39.1 Å². The number of amides is 2. The number of hydrogen-bond acceptors (Lipinski definition) is 4. The molecule has 0 radical (unpaired) electrons. The Kier molecular flexibility index (Phi) is 5.90. The third-order valence-corrected chi connectivity index (χ3v) is 7.02. The Morgan fingerprint density at radius 2 is 1.53 bits per heavy atom. The molecule has 3 aromatic carbocycles. The summed E-state index contributed by atoms with van der Waals surface area (Å²) in [5.41, 5.74) is 5.41. The first-order valence-electron chi connectivity index (χ1n) is 9.86. The second kappa shape index (κ2) is 8.64. The summed E-state index contributed by atoms with van der Waals surface area (Å²) < 4.78 is 27.8. The zero-order valence-electron chi connectivity index (χ0n) is 16.8. The predicted molar refractivity (Wildman–Crippen MR) is 122 cm³/mol. The van der Waals surface area contributed by atoms with Gasteiger partial charge in [0, 0.05) is 5.56 Å². The molecule has 7 nitrogen and oxygen atoms in total. The molecule has 0 aliphatic heterocycles. The maximum Gasteiger partial charge on any atom is 0.269 e. The minimum Gasteiger partial charge on any atom is -0.278 e. The quantitative estimate of drug-likeness (QED) is 0.479. The van der Waals surface area contributed by atoms with Crippen molar-refractivity contribution in [3.05, 3.63) is 95.0 Å². The third-order valence-electron chi connectivity index (χ3n) is 5.33. The number of sulfonamides is 1. The number of hydrogen-bond donors (Lipinski definition) is 3. The fraction of sp³-hybridized carbons (Fsp3) is 0.130. The van der Waals surface area contributed by atoms with E-state index in [0.717, 1.165) is 5.56 Å². The van der Waals surface area contributed by atoms with E-state index in [2.05, 4.69) is 15.6 Å². The lowest BCUT2D eigenvalue weighted by Gasteiger charge is -2.16. The lowest BCUT2D eigenvalue weighted by Crippen LogP contribution is -2.46. The van der Waals surface area contributed by atoms with Crippen LogP contribution in [0.25, 0.3) is 0 Å². The van der Waals surface area contributed by atoms with E-state index in [0.29, 0.717) is 12.8 Å². The number of carbonyl (C=O) groups is 2. The molecule has 1 fully saturated rings. The molecule has 0 saturated heterocycles. The monoisotopic (exact) mass is 469 g/mol. The number of nitrogens with one attached hydrogen (secondary N) is 3. The van der Waals surface area contributed by atoms with Crippen molar-refractivity contribution in [3.63, 3.8) is 0 Å². The summed E-state index contributed by atoms with van der Waals surface area (Å²) in [6.07, 6.45) is 1.39. The van der Waals surface area contributed by atoms with Crippen molar-refractivity contribution in [1.29, 1.82) is 0 Å². The van der Waals surface area contributed by atoms with Crippen LogP contribution in [-0.2, 0) is 20.2 Å². The van der Waals surface area contributed by atoms with Gasteiger partial charge in [0.15, 0.2) is 0 Å². The smallest absolute Gasteiger partial charge is 0.269 e. The molecule has 0 bridgehead atoms. The zero-order valence-corrected chi connectivity index (χ0v) is 18.4. The molecule has 3 aromatic rings. The summed E-state index contributed by atoms with van der Waals surface area (Å²) in [4.78, 5) is 25.1. The number of carbonyl (C=O) groups excluding carboxylic acids is 2. The number of anilines is 1. The highest BCUT2D eigenvalue weighted by molar-refractivity contribution is 7.92. The Labute approximate surface area is 190 Å². The van der Waals surface area contributed by atoms with Gasteiger partial charge in [-0.2, -0.15) is 0 Å². The van der Waals surface area contributed by atoms with Gasteiger partial charge in [0.2, 0.25) is 5.91 Å². The fourth-order valence-electron chi connectivity index (χ4n) is 3.39. The maximum atomic E-state index is 12.7. The van der Waals surface area contributed by atoms with Crippen LogP contribution in [0, 0.1) is 0 Å². The Morgan fingerprint density at radius 1 is 0.844 bits per heavy atom. The summed E-state index contributed by atoms with van der Waals surface area (Å²) in [6.45, 7) is 0. The number of rotatable bonds is 6. The van der Waals surface area contributed by atoms with Gasteiger partial charge in [-0.1, -0.05) is 60.1 Å². The molecular formula is C23H20ClN3O4S. The topological polar surface area (TPSA) is 104 Å². The maximum absolute atomic E-state index is 12.7. The summed E-state index contributed by atoms with van der Waals surface area (Å²) in [5.74, 6) is -0.932. The molecule has 32 heavy (non-hydrogen) atoms. The highest BCUT2D eigenvalue weighted by atomic mass is 35.5. The average molecular weight is 470 g/mol. The van der Waals surface area contributed by atoms with Crippen molar-refractivity contribution in [2.45, 2.75) is 23.2 Å². The number of halogens is 1. The van der Waals surface area contributed by atoms with Crippen molar-refractivity contribution in [2.24, 2.45) is 0 Å². The van der Waals surface area contributed by atoms with Crippen LogP contribution in [0.1, 0.15) is 28.8 Å². The molecule has 164 valence electrons. The molecular weight excluding hydrogens is 450 g/mol. The Morgan fingerprint density at radius 3 is 2.22 bits per heavy atom. The van der Waals surface area contributed by atoms with Crippen molar-refractivity contribution in [1.82, 2.24) is 10.9 Å². The van der Waals surface area contributed by atoms with Crippen LogP contribution in [0.3, 0.4) is 0 Å². The highest BCUT2D eigenvalue weighted by Gasteiger charge is 2.51. The second-order valence-electron chi connectivity index (χ2n) is 7.47. The van der Waals surface area contributed by atoms with E-state index in [-0.39, 0.29) is 27.1 Å². The van der Waals surface area contributed by atoms with Crippen molar-refractivity contribution in [3.8, 4) is 0 Å². The van der Waals surface area contributed by atoms with E-state index in [1.807, 2.05) is 30.3 Å². The van der Waals surface area contributed by atoms with Crippen LogP contribution in [0.4, 0.5) is 5.69 Å². The minimum atomic E-state index is -3.97. The molecule has 0 unspecified atom stereocenters. The first-order chi connectivity index (χ1) is 15.3. The SMILES string of the molecule is O=C(NNC(=O)C1(c2ccccc2)CC1)c1cccc(S(=O)(=O)Nc2ccccc2Cl)c1. The van der Waals surface area contributed by atoms with Crippen LogP contribution >= 0.6 is 11.6 Å². The third kappa shape index (κ3) is 4.46. The van der Waals surface area contributed by atoms with Gasteiger partial charge in [-0.3, -0.25) is 25.2 Å². The number of benzene rings is 3. The van der Waals surface area contributed by atoms with Crippen LogP contribution in [0.15, 0.2) is 83.8 Å². The molecule has 0 heterocycles.